The molecule has 1 aliphatic rings. The Labute approximate surface area is 191 Å². The fourth-order valence-electron chi connectivity index (χ4n) is 5.48. The van der Waals surface area contributed by atoms with Crippen molar-refractivity contribution in [1.82, 2.24) is 19.7 Å². The first-order valence-electron chi connectivity index (χ1n) is 12.2. The van der Waals surface area contributed by atoms with Crippen LogP contribution in [0.15, 0.2) is 48.7 Å². The van der Waals surface area contributed by atoms with Crippen LogP contribution in [0.2, 0.25) is 0 Å². The molecule has 4 aromatic rings. The summed E-state index contributed by atoms with van der Waals surface area (Å²) in [7, 11) is 0. The van der Waals surface area contributed by atoms with Crippen LogP contribution in [-0.4, -0.2) is 32.3 Å². The monoisotopic (exact) mass is 426 g/mol. The molecule has 1 N–H and O–H groups in total. The Hall–Kier alpha value is -2.85. The van der Waals surface area contributed by atoms with Crippen LogP contribution in [-0.2, 0) is 19.4 Å². The molecule has 2 aromatic carbocycles. The minimum atomic E-state index is 0.635. The number of hydrogen-bond acceptors (Lipinski definition) is 2. The second-order valence-electron chi connectivity index (χ2n) is 9.09. The Kier molecular flexibility index (Phi) is 5.64. The van der Waals surface area contributed by atoms with Gasteiger partial charge in [0.1, 0.15) is 0 Å². The van der Waals surface area contributed by atoms with Gasteiger partial charge in [-0.3, -0.25) is 4.90 Å². The molecule has 0 aliphatic carbocycles. The minimum absolute atomic E-state index is 0.635. The van der Waals surface area contributed by atoms with Crippen LogP contribution in [0, 0.1) is 6.92 Å². The van der Waals surface area contributed by atoms with E-state index >= 15 is 0 Å². The smallest absolute Gasteiger partial charge is 0.0789 e. The van der Waals surface area contributed by atoms with E-state index in [9.17, 15) is 0 Å². The minimum Gasteiger partial charge on any atom is -0.361 e. The van der Waals surface area contributed by atoms with Crippen LogP contribution in [0.5, 0.6) is 0 Å². The second-order valence-corrected chi connectivity index (χ2v) is 9.09. The maximum Gasteiger partial charge on any atom is 0.0789 e. The first-order valence-corrected chi connectivity index (χ1v) is 12.2. The molecule has 2 aromatic heterocycles. The SMILES string of the molecule is CCc1cccc(C)c1-n1nc2c(c1-c1ccc3[nH]ccc3c1)CN(C(CC)CC)CC2. The molecule has 3 heterocycles. The topological polar surface area (TPSA) is 36.9 Å². The predicted octanol–water partition coefficient (Wildman–Crippen LogP) is 6.44. The quantitative estimate of drug-likeness (QED) is 0.385. The van der Waals surface area contributed by atoms with Gasteiger partial charge in [-0.1, -0.05) is 45.0 Å². The summed E-state index contributed by atoms with van der Waals surface area (Å²) in [6.45, 7) is 11.2. The van der Waals surface area contributed by atoms with Crippen LogP contribution < -0.4 is 0 Å². The Morgan fingerprint density at radius 1 is 1.06 bits per heavy atom. The first-order chi connectivity index (χ1) is 15.6. The van der Waals surface area contributed by atoms with Crippen LogP contribution >= 0.6 is 0 Å². The third-order valence-corrected chi connectivity index (χ3v) is 7.26. The van der Waals surface area contributed by atoms with Gasteiger partial charge in [0.2, 0.25) is 0 Å². The lowest BCUT2D eigenvalue weighted by atomic mass is 9.97. The molecule has 0 saturated carbocycles. The van der Waals surface area contributed by atoms with E-state index in [1.165, 1.54) is 63.1 Å². The number of hydrogen-bond donors (Lipinski definition) is 1. The summed E-state index contributed by atoms with van der Waals surface area (Å²) in [6.07, 6.45) is 6.43. The number of nitrogens with one attached hydrogen (secondary N) is 1. The van der Waals surface area contributed by atoms with Crippen molar-refractivity contribution in [2.24, 2.45) is 0 Å². The molecule has 0 fully saturated rings. The Balaban J connectivity index is 1.74. The molecule has 0 radical (unpaired) electrons. The van der Waals surface area contributed by atoms with Crippen LogP contribution in [0.3, 0.4) is 0 Å². The molecule has 166 valence electrons. The number of aromatic amines is 1. The van der Waals surface area contributed by atoms with E-state index in [0.29, 0.717) is 6.04 Å². The number of fused-ring (bicyclic) bond motifs is 2. The summed E-state index contributed by atoms with van der Waals surface area (Å²) in [5.41, 5.74) is 10.3. The number of rotatable bonds is 6. The summed E-state index contributed by atoms with van der Waals surface area (Å²) in [5.74, 6) is 0. The van der Waals surface area contributed by atoms with E-state index in [1.807, 2.05) is 6.20 Å². The zero-order chi connectivity index (χ0) is 22.2. The third kappa shape index (κ3) is 3.47. The van der Waals surface area contributed by atoms with E-state index in [1.54, 1.807) is 0 Å². The molecule has 0 saturated heterocycles. The fraction of sp³-hybridized carbons (Fsp3) is 0.393. The van der Waals surface area contributed by atoms with Gasteiger partial charge in [0, 0.05) is 53.8 Å². The standard InChI is InChI=1S/C28H34N4/c1-5-20-10-8-9-19(4)27(20)32-28(22-11-12-25-21(17-22)13-15-29-25)24-18-31(23(6-2)7-3)16-14-26(24)30-32/h8-13,15,17,23,29H,5-7,14,16,18H2,1-4H3. The summed E-state index contributed by atoms with van der Waals surface area (Å²) < 4.78 is 2.27. The zero-order valence-corrected chi connectivity index (χ0v) is 19.8. The van der Waals surface area contributed by atoms with Gasteiger partial charge >= 0.3 is 0 Å². The number of benzene rings is 2. The molecular formula is C28H34N4. The van der Waals surface area contributed by atoms with Crippen molar-refractivity contribution in [2.75, 3.05) is 6.54 Å². The summed E-state index contributed by atoms with van der Waals surface area (Å²) in [4.78, 5) is 6.01. The highest BCUT2D eigenvalue weighted by Gasteiger charge is 2.29. The van der Waals surface area contributed by atoms with Crippen LogP contribution in [0.4, 0.5) is 0 Å². The molecule has 0 unspecified atom stereocenters. The lowest BCUT2D eigenvalue weighted by molar-refractivity contribution is 0.169. The van der Waals surface area contributed by atoms with E-state index in [-0.39, 0.29) is 0 Å². The molecule has 0 bridgehead atoms. The van der Waals surface area contributed by atoms with Crippen LogP contribution in [0.25, 0.3) is 27.8 Å². The third-order valence-electron chi connectivity index (χ3n) is 7.26. The predicted molar refractivity (Wildman–Crippen MR) is 133 cm³/mol. The van der Waals surface area contributed by atoms with Crippen molar-refractivity contribution < 1.29 is 0 Å². The van der Waals surface area contributed by atoms with Gasteiger partial charge in [0.25, 0.3) is 0 Å². The average molecular weight is 427 g/mol. The van der Waals surface area contributed by atoms with E-state index in [2.05, 4.69) is 84.7 Å². The van der Waals surface area contributed by atoms with Gasteiger partial charge in [-0.15, -0.1) is 0 Å². The molecule has 1 aliphatic heterocycles. The lowest BCUT2D eigenvalue weighted by Gasteiger charge is -2.33. The van der Waals surface area contributed by atoms with Crippen molar-refractivity contribution in [1.29, 1.82) is 0 Å². The Morgan fingerprint density at radius 3 is 2.69 bits per heavy atom. The summed E-state index contributed by atoms with van der Waals surface area (Å²) >= 11 is 0. The number of aryl methyl sites for hydroxylation is 2. The average Bonchev–Trinajstić information content (AvgIpc) is 3.43. The van der Waals surface area contributed by atoms with Crippen molar-refractivity contribution in [2.45, 2.75) is 66.0 Å². The van der Waals surface area contributed by atoms with Crippen molar-refractivity contribution in [3.8, 4) is 16.9 Å². The maximum atomic E-state index is 5.26. The molecule has 0 amide bonds. The largest absolute Gasteiger partial charge is 0.361 e. The Bertz CT molecular complexity index is 1240. The van der Waals surface area contributed by atoms with Gasteiger partial charge < -0.3 is 4.98 Å². The zero-order valence-electron chi connectivity index (χ0n) is 19.8. The number of H-pyrrole nitrogens is 1. The van der Waals surface area contributed by atoms with Gasteiger partial charge in [-0.25, -0.2) is 4.68 Å². The van der Waals surface area contributed by atoms with Crippen LogP contribution in [0.1, 0.15) is 56.0 Å². The lowest BCUT2D eigenvalue weighted by Crippen LogP contribution is -2.38. The molecule has 32 heavy (non-hydrogen) atoms. The van der Waals surface area contributed by atoms with E-state index < -0.39 is 0 Å². The highest BCUT2D eigenvalue weighted by atomic mass is 15.3. The van der Waals surface area contributed by atoms with E-state index in [0.717, 1.165) is 25.9 Å². The molecule has 5 rings (SSSR count). The van der Waals surface area contributed by atoms with Crippen molar-refractivity contribution in [3.05, 3.63) is 71.0 Å². The number of nitrogens with zero attached hydrogens (tertiary/aromatic N) is 3. The first kappa shape index (κ1) is 21.0. The number of para-hydroxylation sites is 1. The second kappa shape index (κ2) is 8.59. The summed E-state index contributed by atoms with van der Waals surface area (Å²) in [5, 5.41) is 6.51. The van der Waals surface area contributed by atoms with Gasteiger partial charge in [0.15, 0.2) is 0 Å². The highest BCUT2D eigenvalue weighted by Crippen LogP contribution is 2.36. The van der Waals surface area contributed by atoms with Gasteiger partial charge in [-0.2, -0.15) is 5.10 Å². The van der Waals surface area contributed by atoms with Gasteiger partial charge in [0.05, 0.1) is 17.1 Å². The maximum absolute atomic E-state index is 5.26. The fourth-order valence-corrected chi connectivity index (χ4v) is 5.48. The molecule has 0 spiro atoms. The molecular weight excluding hydrogens is 392 g/mol. The normalized spacial score (nSPS) is 14.4. The van der Waals surface area contributed by atoms with Gasteiger partial charge in [-0.05, 0) is 55.5 Å². The van der Waals surface area contributed by atoms with Crippen molar-refractivity contribution >= 4 is 10.9 Å². The Morgan fingerprint density at radius 2 is 1.91 bits per heavy atom. The highest BCUT2D eigenvalue weighted by molar-refractivity contribution is 5.85. The molecule has 4 heteroatoms. The van der Waals surface area contributed by atoms with E-state index in [4.69, 9.17) is 5.10 Å². The summed E-state index contributed by atoms with van der Waals surface area (Å²) in [6, 6.07) is 16.2. The molecule has 4 nitrogen and oxygen atoms in total. The molecule has 0 atom stereocenters. The van der Waals surface area contributed by atoms with Crippen molar-refractivity contribution in [3.63, 3.8) is 0 Å². The number of aromatic nitrogens is 3.